The standard InChI is InChI=1S/C21H23ClN2O2/c1-15(9-10-16-6-3-2-4-7-16)23-21(26)18-12-11-17(22)14-19(18)24-13-5-8-20(24)25/h2-4,6-7,11-12,14-15H,5,8-10,13H2,1H3,(H,23,26)/t15-/m1/s1. The zero-order valence-corrected chi connectivity index (χ0v) is 15.6. The third-order valence-corrected chi connectivity index (χ3v) is 4.89. The van der Waals surface area contributed by atoms with E-state index < -0.39 is 0 Å². The number of benzene rings is 2. The molecular formula is C21H23ClN2O2. The number of nitrogens with zero attached hydrogens (tertiary/aromatic N) is 1. The summed E-state index contributed by atoms with van der Waals surface area (Å²) in [6, 6.07) is 15.3. The lowest BCUT2D eigenvalue weighted by Gasteiger charge is -2.21. The van der Waals surface area contributed by atoms with Gasteiger partial charge in [0.15, 0.2) is 0 Å². The van der Waals surface area contributed by atoms with E-state index >= 15 is 0 Å². The largest absolute Gasteiger partial charge is 0.350 e. The Morgan fingerprint density at radius 3 is 2.69 bits per heavy atom. The second kappa shape index (κ2) is 8.37. The molecule has 1 heterocycles. The van der Waals surface area contributed by atoms with Gasteiger partial charge in [-0.2, -0.15) is 0 Å². The van der Waals surface area contributed by atoms with Gasteiger partial charge in [-0.3, -0.25) is 9.59 Å². The van der Waals surface area contributed by atoms with Gasteiger partial charge in [0.25, 0.3) is 5.91 Å². The molecule has 1 aliphatic rings. The molecule has 2 aromatic carbocycles. The van der Waals surface area contributed by atoms with E-state index in [4.69, 9.17) is 11.6 Å². The van der Waals surface area contributed by atoms with Crippen LogP contribution < -0.4 is 10.2 Å². The van der Waals surface area contributed by atoms with E-state index in [2.05, 4.69) is 17.4 Å². The smallest absolute Gasteiger partial charge is 0.253 e. The molecule has 1 atom stereocenters. The third-order valence-electron chi connectivity index (χ3n) is 4.65. The number of hydrogen-bond donors (Lipinski definition) is 1. The second-order valence-corrected chi connectivity index (χ2v) is 7.15. The molecule has 1 saturated heterocycles. The number of hydrogen-bond acceptors (Lipinski definition) is 2. The number of carbonyl (C=O) groups excluding carboxylic acids is 2. The van der Waals surface area contributed by atoms with Crippen molar-refractivity contribution >= 4 is 29.1 Å². The molecular weight excluding hydrogens is 348 g/mol. The maximum Gasteiger partial charge on any atom is 0.253 e. The van der Waals surface area contributed by atoms with E-state index in [1.54, 1.807) is 23.1 Å². The van der Waals surface area contributed by atoms with Crippen LogP contribution in [0.1, 0.15) is 42.1 Å². The Morgan fingerprint density at radius 2 is 2.00 bits per heavy atom. The van der Waals surface area contributed by atoms with E-state index in [0.29, 0.717) is 29.2 Å². The van der Waals surface area contributed by atoms with Crippen molar-refractivity contribution in [2.45, 2.75) is 38.6 Å². The average molecular weight is 371 g/mol. The Balaban J connectivity index is 1.68. The first-order valence-corrected chi connectivity index (χ1v) is 9.37. The van der Waals surface area contributed by atoms with Crippen LogP contribution in [0.5, 0.6) is 0 Å². The summed E-state index contributed by atoms with van der Waals surface area (Å²) in [5, 5.41) is 3.57. The summed E-state index contributed by atoms with van der Waals surface area (Å²) < 4.78 is 0. The van der Waals surface area contributed by atoms with Crippen molar-refractivity contribution in [1.82, 2.24) is 5.32 Å². The van der Waals surface area contributed by atoms with Gasteiger partial charge >= 0.3 is 0 Å². The number of amides is 2. The zero-order valence-electron chi connectivity index (χ0n) is 14.9. The minimum absolute atomic E-state index is 0.0283. The fourth-order valence-corrected chi connectivity index (χ4v) is 3.39. The topological polar surface area (TPSA) is 49.4 Å². The maximum absolute atomic E-state index is 12.8. The molecule has 1 fully saturated rings. The molecule has 0 unspecified atom stereocenters. The van der Waals surface area contributed by atoms with Crippen molar-refractivity contribution in [3.8, 4) is 0 Å². The lowest BCUT2D eigenvalue weighted by Crippen LogP contribution is -2.35. The molecule has 0 saturated carbocycles. The molecule has 0 radical (unpaired) electrons. The first-order chi connectivity index (χ1) is 12.5. The summed E-state index contributed by atoms with van der Waals surface area (Å²) in [4.78, 5) is 26.5. The van der Waals surface area contributed by atoms with Gasteiger partial charge in [-0.15, -0.1) is 0 Å². The molecule has 1 N–H and O–H groups in total. The summed E-state index contributed by atoms with van der Waals surface area (Å²) in [6.45, 7) is 2.63. The Kier molecular flexibility index (Phi) is 5.94. The first kappa shape index (κ1) is 18.5. The van der Waals surface area contributed by atoms with Crippen LogP contribution in [0.3, 0.4) is 0 Å². The molecule has 0 bridgehead atoms. The van der Waals surface area contributed by atoms with E-state index in [9.17, 15) is 9.59 Å². The first-order valence-electron chi connectivity index (χ1n) is 8.99. The number of aryl methyl sites for hydroxylation is 1. The number of rotatable bonds is 6. The van der Waals surface area contributed by atoms with E-state index in [1.807, 2.05) is 25.1 Å². The molecule has 0 aromatic heterocycles. The predicted molar refractivity (Wildman–Crippen MR) is 105 cm³/mol. The van der Waals surface area contributed by atoms with E-state index in [1.165, 1.54) is 5.56 Å². The summed E-state index contributed by atoms with van der Waals surface area (Å²) in [5.41, 5.74) is 2.35. The number of carbonyl (C=O) groups is 2. The summed E-state index contributed by atoms with van der Waals surface area (Å²) in [6.07, 6.45) is 3.07. The molecule has 3 rings (SSSR count). The fraction of sp³-hybridized carbons (Fsp3) is 0.333. The van der Waals surface area contributed by atoms with Crippen molar-refractivity contribution in [3.63, 3.8) is 0 Å². The van der Waals surface area contributed by atoms with E-state index in [-0.39, 0.29) is 17.9 Å². The quantitative estimate of drug-likeness (QED) is 0.827. The van der Waals surface area contributed by atoms with Gasteiger partial charge in [-0.1, -0.05) is 41.9 Å². The van der Waals surface area contributed by atoms with Gasteiger partial charge in [0.05, 0.1) is 11.3 Å². The van der Waals surface area contributed by atoms with Crippen LogP contribution in [0, 0.1) is 0 Å². The Labute approximate surface area is 159 Å². The summed E-state index contributed by atoms with van der Waals surface area (Å²) >= 11 is 6.10. The average Bonchev–Trinajstić information content (AvgIpc) is 3.06. The molecule has 5 heteroatoms. The Bertz CT molecular complexity index is 792. The van der Waals surface area contributed by atoms with Gasteiger partial charge in [0.1, 0.15) is 0 Å². The number of halogens is 1. The minimum atomic E-state index is -0.170. The monoisotopic (exact) mass is 370 g/mol. The van der Waals surface area contributed by atoms with E-state index in [0.717, 1.165) is 19.3 Å². The van der Waals surface area contributed by atoms with Crippen LogP contribution in [-0.4, -0.2) is 24.4 Å². The molecule has 136 valence electrons. The molecule has 26 heavy (non-hydrogen) atoms. The Morgan fingerprint density at radius 1 is 1.23 bits per heavy atom. The van der Waals surface area contributed by atoms with Crippen LogP contribution >= 0.6 is 11.6 Å². The van der Waals surface area contributed by atoms with Gasteiger partial charge in [-0.25, -0.2) is 0 Å². The van der Waals surface area contributed by atoms with Crippen LogP contribution in [-0.2, 0) is 11.2 Å². The molecule has 0 spiro atoms. The highest BCUT2D eigenvalue weighted by molar-refractivity contribution is 6.31. The lowest BCUT2D eigenvalue weighted by atomic mass is 10.1. The molecule has 4 nitrogen and oxygen atoms in total. The maximum atomic E-state index is 12.8. The molecule has 2 aromatic rings. The van der Waals surface area contributed by atoms with Crippen molar-refractivity contribution in [3.05, 3.63) is 64.7 Å². The van der Waals surface area contributed by atoms with Crippen LogP contribution in [0.25, 0.3) is 0 Å². The second-order valence-electron chi connectivity index (χ2n) is 6.71. The molecule has 0 aliphatic carbocycles. The predicted octanol–water partition coefficient (Wildman–Crippen LogP) is 4.22. The molecule has 2 amide bonds. The fourth-order valence-electron chi connectivity index (χ4n) is 3.22. The highest BCUT2D eigenvalue weighted by Crippen LogP contribution is 2.28. The number of anilines is 1. The summed E-state index contributed by atoms with van der Waals surface area (Å²) in [7, 11) is 0. The van der Waals surface area contributed by atoms with Crippen LogP contribution in [0.2, 0.25) is 5.02 Å². The molecule has 1 aliphatic heterocycles. The van der Waals surface area contributed by atoms with Gasteiger partial charge in [0, 0.05) is 24.0 Å². The van der Waals surface area contributed by atoms with Crippen LogP contribution in [0.15, 0.2) is 48.5 Å². The number of nitrogens with one attached hydrogen (secondary N) is 1. The van der Waals surface area contributed by atoms with Gasteiger partial charge in [-0.05, 0) is 49.9 Å². The highest BCUT2D eigenvalue weighted by atomic mass is 35.5. The van der Waals surface area contributed by atoms with Crippen LogP contribution in [0.4, 0.5) is 5.69 Å². The zero-order chi connectivity index (χ0) is 18.5. The normalized spacial score (nSPS) is 15.2. The lowest BCUT2D eigenvalue weighted by molar-refractivity contribution is -0.117. The summed E-state index contributed by atoms with van der Waals surface area (Å²) in [5.74, 6) is -0.129. The minimum Gasteiger partial charge on any atom is -0.350 e. The van der Waals surface area contributed by atoms with Crippen molar-refractivity contribution < 1.29 is 9.59 Å². The van der Waals surface area contributed by atoms with Crippen molar-refractivity contribution in [2.24, 2.45) is 0 Å². The third kappa shape index (κ3) is 4.44. The van der Waals surface area contributed by atoms with Gasteiger partial charge in [0.2, 0.25) is 5.91 Å². The van der Waals surface area contributed by atoms with Gasteiger partial charge < -0.3 is 10.2 Å². The Hall–Kier alpha value is -2.33. The van der Waals surface area contributed by atoms with Crippen molar-refractivity contribution in [1.29, 1.82) is 0 Å². The highest BCUT2D eigenvalue weighted by Gasteiger charge is 2.26. The SMILES string of the molecule is C[C@H](CCc1ccccc1)NC(=O)c1ccc(Cl)cc1N1CCCC1=O. The van der Waals surface area contributed by atoms with Crippen molar-refractivity contribution in [2.75, 3.05) is 11.4 Å².